The van der Waals surface area contributed by atoms with Crippen molar-refractivity contribution in [3.63, 3.8) is 0 Å². The van der Waals surface area contributed by atoms with Crippen LogP contribution in [-0.2, 0) is 11.2 Å². The van der Waals surface area contributed by atoms with E-state index in [0.29, 0.717) is 5.16 Å². The van der Waals surface area contributed by atoms with Gasteiger partial charge in [0.05, 0.1) is 5.25 Å². The monoisotopic (exact) mass is 327 g/mol. The second kappa shape index (κ2) is 6.71. The molecule has 1 aromatic heterocycles. The lowest BCUT2D eigenvalue weighted by Crippen LogP contribution is -2.36. The smallest absolute Gasteiger partial charge is 0.240 e. The summed E-state index contributed by atoms with van der Waals surface area (Å²) in [6.07, 6.45) is 1.70. The first-order valence-corrected chi connectivity index (χ1v) is 8.84. The van der Waals surface area contributed by atoms with E-state index in [-0.39, 0.29) is 11.2 Å². The van der Waals surface area contributed by atoms with Gasteiger partial charge >= 0.3 is 0 Å². The number of carbonyl (C=O) groups excluding carboxylic acids is 1. The van der Waals surface area contributed by atoms with Crippen LogP contribution in [0.2, 0.25) is 0 Å². The van der Waals surface area contributed by atoms with E-state index in [1.54, 1.807) is 0 Å². The lowest BCUT2D eigenvalue weighted by molar-refractivity contribution is -0.118. The Morgan fingerprint density at radius 1 is 1.26 bits per heavy atom. The molecule has 1 unspecified atom stereocenters. The van der Waals surface area contributed by atoms with Crippen molar-refractivity contribution >= 4 is 23.4 Å². The van der Waals surface area contributed by atoms with Gasteiger partial charge in [-0.3, -0.25) is 4.79 Å². The molecule has 2 aromatic rings. The highest BCUT2D eigenvalue weighted by molar-refractivity contribution is 8.00. The summed E-state index contributed by atoms with van der Waals surface area (Å²) >= 11 is 1.47. The molecule has 0 aliphatic carbocycles. The standard InChI is InChI=1S/C18H21N3OS/c1-4-16(23-18-19-12(2)11-13(3)20-18)17(22)21-10-9-14-7-5-6-8-15(14)21/h5-8,11,16H,4,9-10H2,1-3H3. The van der Waals surface area contributed by atoms with E-state index in [0.717, 1.165) is 36.5 Å². The normalized spacial score (nSPS) is 14.7. The number of rotatable bonds is 4. The maximum atomic E-state index is 13.0. The maximum absolute atomic E-state index is 13.0. The van der Waals surface area contributed by atoms with E-state index >= 15 is 0 Å². The zero-order chi connectivity index (χ0) is 16.4. The van der Waals surface area contributed by atoms with Gasteiger partial charge in [0, 0.05) is 23.6 Å². The Morgan fingerprint density at radius 2 is 1.96 bits per heavy atom. The number of aromatic nitrogens is 2. The van der Waals surface area contributed by atoms with E-state index in [9.17, 15) is 4.79 Å². The SMILES string of the molecule is CCC(Sc1nc(C)cc(C)n1)C(=O)N1CCc2ccccc21. The summed E-state index contributed by atoms with van der Waals surface area (Å²) in [6, 6.07) is 10.1. The number of anilines is 1. The fourth-order valence-electron chi connectivity index (χ4n) is 2.92. The third kappa shape index (κ3) is 3.39. The highest BCUT2D eigenvalue weighted by Gasteiger charge is 2.30. The summed E-state index contributed by atoms with van der Waals surface area (Å²) in [6.45, 7) is 6.72. The van der Waals surface area contributed by atoms with Gasteiger partial charge in [-0.1, -0.05) is 36.9 Å². The molecule has 0 saturated heterocycles. The summed E-state index contributed by atoms with van der Waals surface area (Å²) in [5.41, 5.74) is 4.18. The van der Waals surface area contributed by atoms with Crippen molar-refractivity contribution in [3.05, 3.63) is 47.3 Å². The van der Waals surface area contributed by atoms with Crippen LogP contribution in [0.4, 0.5) is 5.69 Å². The van der Waals surface area contributed by atoms with Crippen LogP contribution in [-0.4, -0.2) is 27.7 Å². The summed E-state index contributed by atoms with van der Waals surface area (Å²) in [5, 5.41) is 0.539. The third-order valence-electron chi connectivity index (χ3n) is 4.01. The van der Waals surface area contributed by atoms with Crippen molar-refractivity contribution in [1.82, 2.24) is 9.97 Å². The van der Waals surface area contributed by atoms with E-state index in [4.69, 9.17) is 0 Å². The zero-order valence-electron chi connectivity index (χ0n) is 13.7. The molecule has 0 spiro atoms. The Kier molecular flexibility index (Phi) is 4.66. The highest BCUT2D eigenvalue weighted by Crippen LogP contribution is 2.31. The molecule has 1 aliphatic rings. The molecule has 4 nitrogen and oxygen atoms in total. The molecule has 1 atom stereocenters. The first-order chi connectivity index (χ1) is 11.1. The first kappa shape index (κ1) is 16.0. The van der Waals surface area contributed by atoms with Gasteiger partial charge in [0.15, 0.2) is 5.16 Å². The Labute approximate surface area is 141 Å². The Balaban J connectivity index is 1.80. The van der Waals surface area contributed by atoms with Crippen molar-refractivity contribution in [2.75, 3.05) is 11.4 Å². The fraction of sp³-hybridized carbons (Fsp3) is 0.389. The van der Waals surface area contributed by atoms with Gasteiger partial charge in [-0.15, -0.1) is 0 Å². The van der Waals surface area contributed by atoms with Crippen molar-refractivity contribution in [2.24, 2.45) is 0 Å². The molecule has 1 aromatic carbocycles. The number of amides is 1. The zero-order valence-corrected chi connectivity index (χ0v) is 14.6. The number of hydrogen-bond donors (Lipinski definition) is 0. The number of aryl methyl sites for hydroxylation is 2. The minimum atomic E-state index is -0.151. The van der Waals surface area contributed by atoms with Gasteiger partial charge in [-0.25, -0.2) is 9.97 Å². The van der Waals surface area contributed by atoms with Gasteiger partial charge in [0.2, 0.25) is 5.91 Å². The molecule has 2 heterocycles. The number of para-hydroxylation sites is 1. The second-order valence-electron chi connectivity index (χ2n) is 5.82. The van der Waals surface area contributed by atoms with Crippen LogP contribution in [0.15, 0.2) is 35.5 Å². The predicted molar refractivity (Wildman–Crippen MR) is 93.9 cm³/mol. The van der Waals surface area contributed by atoms with Gasteiger partial charge in [-0.05, 0) is 44.4 Å². The molecule has 0 radical (unpaired) electrons. The first-order valence-electron chi connectivity index (χ1n) is 7.96. The molecule has 0 N–H and O–H groups in total. The Hall–Kier alpha value is -1.88. The number of thioether (sulfide) groups is 1. The topological polar surface area (TPSA) is 46.1 Å². The number of hydrogen-bond acceptors (Lipinski definition) is 4. The van der Waals surface area contributed by atoms with E-state index in [1.165, 1.54) is 17.3 Å². The van der Waals surface area contributed by atoms with Gasteiger partial charge in [-0.2, -0.15) is 0 Å². The maximum Gasteiger partial charge on any atom is 0.240 e. The van der Waals surface area contributed by atoms with E-state index in [2.05, 4.69) is 16.0 Å². The van der Waals surface area contributed by atoms with Gasteiger partial charge in [0.1, 0.15) is 0 Å². The van der Waals surface area contributed by atoms with Crippen LogP contribution >= 0.6 is 11.8 Å². The molecule has 3 rings (SSSR count). The van der Waals surface area contributed by atoms with Crippen molar-refractivity contribution in [2.45, 2.75) is 44.0 Å². The second-order valence-corrected chi connectivity index (χ2v) is 6.99. The minimum Gasteiger partial charge on any atom is -0.311 e. The summed E-state index contributed by atoms with van der Waals surface area (Å²) in [5.74, 6) is 0.158. The summed E-state index contributed by atoms with van der Waals surface area (Å²) in [4.78, 5) is 23.8. The van der Waals surface area contributed by atoms with Crippen molar-refractivity contribution in [1.29, 1.82) is 0 Å². The number of nitrogens with zero attached hydrogens (tertiary/aromatic N) is 3. The van der Waals surface area contributed by atoms with Gasteiger partial charge < -0.3 is 4.90 Å². The molecule has 1 aliphatic heterocycles. The Morgan fingerprint density at radius 3 is 2.65 bits per heavy atom. The molecule has 1 amide bonds. The number of fused-ring (bicyclic) bond motifs is 1. The lowest BCUT2D eigenvalue weighted by atomic mass is 10.2. The highest BCUT2D eigenvalue weighted by atomic mass is 32.2. The Bertz CT molecular complexity index is 712. The minimum absolute atomic E-state index is 0.151. The quantitative estimate of drug-likeness (QED) is 0.636. The van der Waals surface area contributed by atoms with E-state index in [1.807, 2.05) is 49.9 Å². The number of benzene rings is 1. The van der Waals surface area contributed by atoms with Crippen LogP contribution in [0.5, 0.6) is 0 Å². The third-order valence-corrected chi connectivity index (χ3v) is 5.22. The molecule has 0 fully saturated rings. The largest absolute Gasteiger partial charge is 0.311 e. The summed E-state index contributed by atoms with van der Waals surface area (Å²) < 4.78 is 0. The van der Waals surface area contributed by atoms with Crippen LogP contribution in [0.3, 0.4) is 0 Å². The van der Waals surface area contributed by atoms with Crippen LogP contribution in [0, 0.1) is 13.8 Å². The molecule has 5 heteroatoms. The lowest BCUT2D eigenvalue weighted by Gasteiger charge is -2.22. The summed E-state index contributed by atoms with van der Waals surface area (Å²) in [7, 11) is 0. The van der Waals surface area contributed by atoms with Crippen LogP contribution in [0.1, 0.15) is 30.3 Å². The molecule has 0 saturated carbocycles. The molecule has 23 heavy (non-hydrogen) atoms. The van der Waals surface area contributed by atoms with E-state index < -0.39 is 0 Å². The van der Waals surface area contributed by atoms with Gasteiger partial charge in [0.25, 0.3) is 0 Å². The fourth-order valence-corrected chi connectivity index (χ4v) is 3.97. The van der Waals surface area contributed by atoms with Crippen molar-refractivity contribution in [3.8, 4) is 0 Å². The molecular weight excluding hydrogens is 306 g/mol. The average molecular weight is 327 g/mol. The van der Waals surface area contributed by atoms with Crippen molar-refractivity contribution < 1.29 is 4.79 Å². The average Bonchev–Trinajstić information content (AvgIpc) is 2.95. The number of carbonyl (C=O) groups is 1. The molecule has 0 bridgehead atoms. The van der Waals surface area contributed by atoms with Crippen LogP contribution in [0.25, 0.3) is 0 Å². The van der Waals surface area contributed by atoms with Crippen LogP contribution < -0.4 is 4.90 Å². The molecular formula is C18H21N3OS. The predicted octanol–water partition coefficient (Wildman–Crippen LogP) is 3.55. The molecule has 120 valence electrons.